The minimum Gasteiger partial charge on any atom is -0.496 e. The molecule has 2 saturated heterocycles. The molecule has 2 heterocycles. The van der Waals surface area contributed by atoms with E-state index < -0.39 is 6.04 Å². The Balaban J connectivity index is 1.41. The van der Waals surface area contributed by atoms with Crippen LogP contribution in [0.2, 0.25) is 0 Å². The molecule has 0 aliphatic carbocycles. The van der Waals surface area contributed by atoms with Crippen LogP contribution < -0.4 is 9.64 Å². The fourth-order valence-electron chi connectivity index (χ4n) is 4.56. The molecule has 1 atom stereocenters. The molecule has 2 aliphatic rings. The van der Waals surface area contributed by atoms with Gasteiger partial charge in [0.05, 0.1) is 25.3 Å². The zero-order chi connectivity index (χ0) is 22.1. The van der Waals surface area contributed by atoms with Crippen molar-refractivity contribution in [2.24, 2.45) is 0 Å². The summed E-state index contributed by atoms with van der Waals surface area (Å²) in [6.45, 7) is 7.34. The molecule has 7 heteroatoms. The van der Waals surface area contributed by atoms with Crippen molar-refractivity contribution in [2.75, 3.05) is 38.2 Å². The van der Waals surface area contributed by atoms with E-state index in [1.165, 1.54) is 17.0 Å². The zero-order valence-electron chi connectivity index (χ0n) is 18.2. The molecule has 2 aromatic rings. The summed E-state index contributed by atoms with van der Waals surface area (Å²) in [6, 6.07) is 9.90. The van der Waals surface area contributed by atoms with E-state index in [-0.39, 0.29) is 24.1 Å². The smallest absolute Gasteiger partial charge is 0.251 e. The number of carbonyl (C=O) groups excluding carboxylic acids is 2. The molecule has 31 heavy (non-hydrogen) atoms. The van der Waals surface area contributed by atoms with Crippen LogP contribution in [0, 0.1) is 19.7 Å². The Hall–Kier alpha value is -2.77. The number of hydrogen-bond acceptors (Lipinski definition) is 5. The summed E-state index contributed by atoms with van der Waals surface area (Å²) >= 11 is 0. The predicted molar refractivity (Wildman–Crippen MR) is 117 cm³/mol. The van der Waals surface area contributed by atoms with Crippen molar-refractivity contribution in [1.82, 2.24) is 9.80 Å². The Morgan fingerprint density at radius 3 is 2.45 bits per heavy atom. The first-order valence-electron chi connectivity index (χ1n) is 10.6. The molecule has 2 amide bonds. The SMILES string of the molecule is COc1ccc(F)cc1CN1CCN([C@@H]2CC(=O)N(c3ccc(C)cc3C)C2=O)CC1. The van der Waals surface area contributed by atoms with Gasteiger partial charge in [-0.3, -0.25) is 19.4 Å². The molecule has 2 fully saturated rings. The highest BCUT2D eigenvalue weighted by atomic mass is 19.1. The van der Waals surface area contributed by atoms with Crippen molar-refractivity contribution in [3.05, 3.63) is 58.9 Å². The second-order valence-electron chi connectivity index (χ2n) is 8.35. The van der Waals surface area contributed by atoms with Crippen LogP contribution in [0.1, 0.15) is 23.1 Å². The third-order valence-electron chi connectivity index (χ3n) is 6.20. The van der Waals surface area contributed by atoms with Gasteiger partial charge in [0, 0.05) is 38.3 Å². The van der Waals surface area contributed by atoms with Crippen LogP contribution in [-0.4, -0.2) is 60.9 Å². The Morgan fingerprint density at radius 2 is 1.77 bits per heavy atom. The second-order valence-corrected chi connectivity index (χ2v) is 8.35. The number of rotatable bonds is 5. The Morgan fingerprint density at radius 1 is 1.03 bits per heavy atom. The summed E-state index contributed by atoms with van der Waals surface area (Å²) in [5.74, 6) is 0.103. The summed E-state index contributed by atoms with van der Waals surface area (Å²) in [6.07, 6.45) is 0.212. The number of anilines is 1. The molecule has 0 bridgehead atoms. The molecule has 4 rings (SSSR count). The lowest BCUT2D eigenvalue weighted by molar-refractivity contribution is -0.123. The van der Waals surface area contributed by atoms with E-state index in [1.807, 2.05) is 32.0 Å². The highest BCUT2D eigenvalue weighted by Gasteiger charge is 2.43. The van der Waals surface area contributed by atoms with Crippen LogP contribution in [0.3, 0.4) is 0 Å². The number of benzene rings is 2. The fourth-order valence-corrected chi connectivity index (χ4v) is 4.56. The predicted octanol–water partition coefficient (Wildman–Crippen LogP) is 2.90. The number of methoxy groups -OCH3 is 1. The van der Waals surface area contributed by atoms with E-state index in [4.69, 9.17) is 4.74 Å². The first-order chi connectivity index (χ1) is 14.9. The van der Waals surface area contributed by atoms with Crippen LogP contribution in [0.4, 0.5) is 10.1 Å². The van der Waals surface area contributed by atoms with Gasteiger partial charge in [-0.25, -0.2) is 9.29 Å². The number of ether oxygens (including phenoxy) is 1. The molecule has 0 saturated carbocycles. The van der Waals surface area contributed by atoms with Gasteiger partial charge in [-0.15, -0.1) is 0 Å². The fraction of sp³-hybridized carbons (Fsp3) is 0.417. The quantitative estimate of drug-likeness (QED) is 0.690. The van der Waals surface area contributed by atoms with Gasteiger partial charge in [0.25, 0.3) is 5.91 Å². The standard InChI is InChI=1S/C24H28FN3O3/c1-16-4-6-20(17(2)12-16)28-23(29)14-21(24(28)30)27-10-8-26(9-11-27)15-18-13-19(25)5-7-22(18)31-3/h4-7,12-13,21H,8-11,14-15H2,1-3H3/t21-/m1/s1. The molecule has 2 aromatic carbocycles. The number of carbonyl (C=O) groups is 2. The van der Waals surface area contributed by atoms with E-state index >= 15 is 0 Å². The zero-order valence-corrected chi connectivity index (χ0v) is 18.2. The van der Waals surface area contributed by atoms with E-state index in [2.05, 4.69) is 9.80 Å². The molecule has 0 unspecified atom stereocenters. The van der Waals surface area contributed by atoms with Crippen LogP contribution in [0.25, 0.3) is 0 Å². The van der Waals surface area contributed by atoms with Crippen LogP contribution in [-0.2, 0) is 16.1 Å². The van der Waals surface area contributed by atoms with E-state index in [1.54, 1.807) is 13.2 Å². The van der Waals surface area contributed by atoms with Gasteiger partial charge in [0.2, 0.25) is 5.91 Å². The van der Waals surface area contributed by atoms with Gasteiger partial charge >= 0.3 is 0 Å². The molecule has 0 aromatic heterocycles. The molecule has 164 valence electrons. The van der Waals surface area contributed by atoms with Gasteiger partial charge in [-0.1, -0.05) is 17.7 Å². The maximum atomic E-state index is 13.7. The second kappa shape index (κ2) is 8.77. The van der Waals surface area contributed by atoms with Crippen molar-refractivity contribution in [3.8, 4) is 5.75 Å². The largest absolute Gasteiger partial charge is 0.496 e. The van der Waals surface area contributed by atoms with Crippen molar-refractivity contribution in [1.29, 1.82) is 0 Å². The number of amides is 2. The molecule has 0 N–H and O–H groups in total. The van der Waals surface area contributed by atoms with Crippen molar-refractivity contribution < 1.29 is 18.7 Å². The van der Waals surface area contributed by atoms with Gasteiger partial charge in [0.1, 0.15) is 11.6 Å². The Kier molecular flexibility index (Phi) is 6.07. The Bertz CT molecular complexity index is 1000. The lowest BCUT2D eigenvalue weighted by atomic mass is 10.1. The lowest BCUT2D eigenvalue weighted by Gasteiger charge is -2.37. The van der Waals surface area contributed by atoms with Crippen LogP contribution in [0.5, 0.6) is 5.75 Å². The molecular formula is C24H28FN3O3. The number of halogens is 1. The number of hydrogen-bond donors (Lipinski definition) is 0. The van der Waals surface area contributed by atoms with Gasteiger partial charge in [-0.2, -0.15) is 0 Å². The first-order valence-corrected chi connectivity index (χ1v) is 10.6. The summed E-state index contributed by atoms with van der Waals surface area (Å²) < 4.78 is 19.0. The monoisotopic (exact) mass is 425 g/mol. The number of nitrogens with zero attached hydrogens (tertiary/aromatic N) is 3. The lowest BCUT2D eigenvalue weighted by Crippen LogP contribution is -2.52. The maximum absolute atomic E-state index is 13.7. The van der Waals surface area contributed by atoms with E-state index in [0.717, 1.165) is 29.8 Å². The topological polar surface area (TPSA) is 53.1 Å². The average molecular weight is 426 g/mol. The normalized spacial score (nSPS) is 20.5. The van der Waals surface area contributed by atoms with Crippen molar-refractivity contribution in [2.45, 2.75) is 32.9 Å². The minimum absolute atomic E-state index is 0.141. The highest BCUT2D eigenvalue weighted by molar-refractivity contribution is 6.22. The van der Waals surface area contributed by atoms with Gasteiger partial charge in [-0.05, 0) is 43.7 Å². The van der Waals surface area contributed by atoms with Gasteiger partial charge in [0.15, 0.2) is 0 Å². The van der Waals surface area contributed by atoms with Crippen molar-refractivity contribution >= 4 is 17.5 Å². The van der Waals surface area contributed by atoms with E-state index in [9.17, 15) is 14.0 Å². The number of aryl methyl sites for hydroxylation is 2. The minimum atomic E-state index is -0.418. The summed E-state index contributed by atoms with van der Waals surface area (Å²) in [7, 11) is 1.58. The highest BCUT2D eigenvalue weighted by Crippen LogP contribution is 2.30. The maximum Gasteiger partial charge on any atom is 0.251 e. The molecule has 2 aliphatic heterocycles. The molecule has 0 radical (unpaired) electrons. The third-order valence-corrected chi connectivity index (χ3v) is 6.20. The number of imide groups is 1. The molecule has 0 spiro atoms. The van der Waals surface area contributed by atoms with E-state index in [0.29, 0.717) is 31.1 Å². The summed E-state index contributed by atoms with van der Waals surface area (Å²) in [4.78, 5) is 31.5. The summed E-state index contributed by atoms with van der Waals surface area (Å²) in [5, 5.41) is 0. The van der Waals surface area contributed by atoms with Gasteiger partial charge < -0.3 is 4.74 Å². The van der Waals surface area contributed by atoms with Crippen molar-refractivity contribution in [3.63, 3.8) is 0 Å². The summed E-state index contributed by atoms with van der Waals surface area (Å²) in [5.41, 5.74) is 3.52. The third kappa shape index (κ3) is 4.34. The molecular weight excluding hydrogens is 397 g/mol. The number of piperazine rings is 1. The molecule has 6 nitrogen and oxygen atoms in total. The van der Waals surface area contributed by atoms with Crippen LogP contribution in [0.15, 0.2) is 36.4 Å². The Labute approximate surface area is 182 Å². The first kappa shape index (κ1) is 21.5. The average Bonchev–Trinajstić information content (AvgIpc) is 3.03. The van der Waals surface area contributed by atoms with Crippen LogP contribution >= 0.6 is 0 Å².